The summed E-state index contributed by atoms with van der Waals surface area (Å²) in [6.07, 6.45) is 1.19. The Morgan fingerprint density at radius 1 is 1.47 bits per heavy atom. The lowest BCUT2D eigenvalue weighted by atomic mass is 10.2. The van der Waals surface area contributed by atoms with Gasteiger partial charge in [0.1, 0.15) is 0 Å². The maximum atomic E-state index is 9.25. The van der Waals surface area contributed by atoms with Crippen LogP contribution < -0.4 is 0 Å². The summed E-state index contributed by atoms with van der Waals surface area (Å²) >= 11 is 1.79. The molecule has 0 fully saturated rings. The molecule has 0 atom stereocenters. The van der Waals surface area contributed by atoms with Gasteiger partial charge in [-0.25, -0.2) is 0 Å². The largest absolute Gasteiger partial charge is 0.392 e. The van der Waals surface area contributed by atoms with E-state index >= 15 is 0 Å². The number of aromatic nitrogens is 2. The summed E-state index contributed by atoms with van der Waals surface area (Å²) in [5.74, 6) is 1.81. The first-order chi connectivity index (χ1) is 7.06. The van der Waals surface area contributed by atoms with E-state index in [1.165, 1.54) is 6.42 Å². The smallest absolute Gasteiger partial charge is 0.0994 e. The van der Waals surface area contributed by atoms with Gasteiger partial charge in [0.15, 0.2) is 0 Å². The lowest BCUT2D eigenvalue weighted by Gasteiger charge is -2.06. The van der Waals surface area contributed by atoms with E-state index in [1.54, 1.807) is 11.8 Å². The van der Waals surface area contributed by atoms with Crippen molar-refractivity contribution >= 4 is 11.8 Å². The van der Waals surface area contributed by atoms with Crippen LogP contribution in [0.1, 0.15) is 31.5 Å². The summed E-state index contributed by atoms with van der Waals surface area (Å²) in [7, 11) is 1.93. The van der Waals surface area contributed by atoms with E-state index in [1.807, 2.05) is 18.7 Å². The van der Waals surface area contributed by atoms with Crippen molar-refractivity contribution in [1.29, 1.82) is 0 Å². The molecule has 1 N–H and O–H groups in total. The first kappa shape index (κ1) is 12.6. The summed E-state index contributed by atoms with van der Waals surface area (Å²) < 4.78 is 1.87. The number of aryl methyl sites for hydroxylation is 2. The van der Waals surface area contributed by atoms with Crippen LogP contribution in [0.4, 0.5) is 0 Å². The van der Waals surface area contributed by atoms with Crippen molar-refractivity contribution in [2.75, 3.05) is 5.75 Å². The molecule has 0 unspecified atom stereocenters. The zero-order valence-corrected chi connectivity index (χ0v) is 10.8. The number of rotatable bonds is 5. The molecular formula is C11H20N2OS. The third kappa shape index (κ3) is 3.24. The third-order valence-electron chi connectivity index (χ3n) is 2.38. The molecule has 86 valence electrons. The molecular weight excluding hydrogens is 208 g/mol. The number of hydrogen-bond donors (Lipinski definition) is 1. The zero-order valence-electron chi connectivity index (χ0n) is 9.95. The Morgan fingerprint density at radius 2 is 2.13 bits per heavy atom. The standard InChI is InChI=1S/C11H20N2OS/c1-8(2)5-6-15-11-10(7-14)9(3)12-13(11)4/h8,14H,5-7H2,1-4H3. The van der Waals surface area contributed by atoms with Crippen molar-refractivity contribution in [3.05, 3.63) is 11.3 Å². The first-order valence-corrected chi connectivity index (χ1v) is 6.31. The van der Waals surface area contributed by atoms with Crippen LogP contribution in [0.3, 0.4) is 0 Å². The van der Waals surface area contributed by atoms with Gasteiger partial charge in [-0.05, 0) is 25.0 Å². The van der Waals surface area contributed by atoms with E-state index in [0.717, 1.165) is 28.0 Å². The molecule has 0 aromatic carbocycles. The van der Waals surface area contributed by atoms with E-state index in [0.29, 0.717) is 0 Å². The van der Waals surface area contributed by atoms with Crippen LogP contribution in [0.5, 0.6) is 0 Å². The molecule has 1 aromatic rings. The molecule has 4 heteroatoms. The van der Waals surface area contributed by atoms with Crippen LogP contribution in [0.25, 0.3) is 0 Å². The Balaban J connectivity index is 2.67. The fraction of sp³-hybridized carbons (Fsp3) is 0.727. The summed E-state index contributed by atoms with van der Waals surface area (Å²) in [5, 5.41) is 14.7. The second kappa shape index (κ2) is 5.56. The molecule has 0 amide bonds. The van der Waals surface area contributed by atoms with Gasteiger partial charge < -0.3 is 5.11 Å². The van der Waals surface area contributed by atoms with Gasteiger partial charge in [-0.2, -0.15) is 5.10 Å². The Bertz CT molecular complexity index is 321. The first-order valence-electron chi connectivity index (χ1n) is 5.32. The van der Waals surface area contributed by atoms with Crippen molar-refractivity contribution in [3.63, 3.8) is 0 Å². The van der Waals surface area contributed by atoms with Crippen molar-refractivity contribution in [3.8, 4) is 0 Å². The Morgan fingerprint density at radius 3 is 2.67 bits per heavy atom. The molecule has 0 spiro atoms. The second-order valence-electron chi connectivity index (χ2n) is 4.18. The molecule has 1 rings (SSSR count). The lowest BCUT2D eigenvalue weighted by molar-refractivity contribution is 0.277. The molecule has 15 heavy (non-hydrogen) atoms. The molecule has 0 aliphatic carbocycles. The minimum Gasteiger partial charge on any atom is -0.392 e. The zero-order chi connectivity index (χ0) is 11.4. The highest BCUT2D eigenvalue weighted by molar-refractivity contribution is 7.99. The van der Waals surface area contributed by atoms with Crippen LogP contribution in [-0.2, 0) is 13.7 Å². The Kier molecular flexibility index (Phi) is 4.67. The van der Waals surface area contributed by atoms with Gasteiger partial charge in [0, 0.05) is 12.6 Å². The predicted octanol–water partition coefficient (Wildman–Crippen LogP) is 2.36. The average Bonchev–Trinajstić information content (AvgIpc) is 2.41. The minimum absolute atomic E-state index is 0.0870. The third-order valence-corrected chi connectivity index (χ3v) is 3.60. The second-order valence-corrected chi connectivity index (χ2v) is 5.27. The Hall–Kier alpha value is -0.480. The van der Waals surface area contributed by atoms with E-state index in [-0.39, 0.29) is 6.61 Å². The Labute approximate surface area is 95.9 Å². The summed E-state index contributed by atoms with van der Waals surface area (Å²) in [4.78, 5) is 0. The van der Waals surface area contributed by atoms with Crippen molar-refractivity contribution in [2.45, 2.75) is 38.8 Å². The molecule has 0 saturated heterocycles. The molecule has 1 heterocycles. The number of nitrogens with zero attached hydrogens (tertiary/aromatic N) is 2. The minimum atomic E-state index is 0.0870. The van der Waals surface area contributed by atoms with Crippen molar-refractivity contribution in [2.24, 2.45) is 13.0 Å². The fourth-order valence-corrected chi connectivity index (χ4v) is 2.83. The van der Waals surface area contributed by atoms with Gasteiger partial charge in [-0.3, -0.25) is 4.68 Å². The number of thioether (sulfide) groups is 1. The van der Waals surface area contributed by atoms with Crippen LogP contribution in [0, 0.1) is 12.8 Å². The van der Waals surface area contributed by atoms with Crippen LogP contribution in [0.15, 0.2) is 5.03 Å². The monoisotopic (exact) mass is 228 g/mol. The van der Waals surface area contributed by atoms with Gasteiger partial charge in [-0.1, -0.05) is 13.8 Å². The van der Waals surface area contributed by atoms with Gasteiger partial charge in [0.05, 0.1) is 17.3 Å². The topological polar surface area (TPSA) is 38.0 Å². The highest BCUT2D eigenvalue weighted by atomic mass is 32.2. The summed E-state index contributed by atoms with van der Waals surface area (Å²) in [6.45, 7) is 6.48. The molecule has 0 saturated carbocycles. The van der Waals surface area contributed by atoms with Crippen molar-refractivity contribution < 1.29 is 5.11 Å². The SMILES string of the molecule is Cc1nn(C)c(SCCC(C)C)c1CO. The van der Waals surface area contributed by atoms with Crippen LogP contribution >= 0.6 is 11.8 Å². The van der Waals surface area contributed by atoms with Crippen molar-refractivity contribution in [1.82, 2.24) is 9.78 Å². The normalized spacial score (nSPS) is 11.3. The molecule has 1 aromatic heterocycles. The summed E-state index contributed by atoms with van der Waals surface area (Å²) in [6, 6.07) is 0. The number of aliphatic hydroxyl groups excluding tert-OH is 1. The summed E-state index contributed by atoms with van der Waals surface area (Å²) in [5.41, 5.74) is 1.92. The maximum absolute atomic E-state index is 9.25. The van der Waals surface area contributed by atoms with E-state index in [9.17, 15) is 5.11 Å². The number of aliphatic hydroxyl groups is 1. The molecule has 0 aliphatic heterocycles. The van der Waals surface area contributed by atoms with Crippen LogP contribution in [0.2, 0.25) is 0 Å². The molecule has 3 nitrogen and oxygen atoms in total. The maximum Gasteiger partial charge on any atom is 0.0994 e. The average molecular weight is 228 g/mol. The molecule has 0 aliphatic rings. The molecule has 0 bridgehead atoms. The van der Waals surface area contributed by atoms with E-state index < -0.39 is 0 Å². The van der Waals surface area contributed by atoms with E-state index in [4.69, 9.17) is 0 Å². The number of hydrogen-bond acceptors (Lipinski definition) is 3. The van der Waals surface area contributed by atoms with Crippen LogP contribution in [-0.4, -0.2) is 20.6 Å². The highest BCUT2D eigenvalue weighted by Gasteiger charge is 2.12. The van der Waals surface area contributed by atoms with Gasteiger partial charge in [0.2, 0.25) is 0 Å². The highest BCUT2D eigenvalue weighted by Crippen LogP contribution is 2.26. The lowest BCUT2D eigenvalue weighted by Crippen LogP contribution is -1.96. The molecule has 0 radical (unpaired) electrons. The predicted molar refractivity (Wildman–Crippen MR) is 64.0 cm³/mol. The fourth-order valence-electron chi connectivity index (χ4n) is 1.43. The van der Waals surface area contributed by atoms with Gasteiger partial charge in [0.25, 0.3) is 0 Å². The van der Waals surface area contributed by atoms with Gasteiger partial charge >= 0.3 is 0 Å². The van der Waals surface area contributed by atoms with E-state index in [2.05, 4.69) is 18.9 Å². The quantitative estimate of drug-likeness (QED) is 0.786. The van der Waals surface area contributed by atoms with Gasteiger partial charge in [-0.15, -0.1) is 11.8 Å².